The number of nitrogens with zero attached hydrogens (tertiary/aromatic N) is 5. The van der Waals surface area contributed by atoms with E-state index < -0.39 is 18.0 Å². The summed E-state index contributed by atoms with van der Waals surface area (Å²) in [7, 11) is 0. The van der Waals surface area contributed by atoms with Crippen molar-refractivity contribution >= 4 is 29.0 Å². The summed E-state index contributed by atoms with van der Waals surface area (Å²) < 4.78 is 63.6. The molecule has 5 rings (SSSR count). The first-order chi connectivity index (χ1) is 16.6. The highest BCUT2D eigenvalue weighted by atomic mass is 35.5. The van der Waals surface area contributed by atoms with Gasteiger partial charge in [0.1, 0.15) is 11.7 Å². The number of likely N-dealkylation sites (tertiary alicyclic amines) is 1. The Morgan fingerprint density at radius 2 is 1.89 bits per heavy atom. The van der Waals surface area contributed by atoms with Crippen LogP contribution in [-0.4, -0.2) is 55.9 Å². The van der Waals surface area contributed by atoms with Gasteiger partial charge in [-0.3, -0.25) is 9.30 Å². The molecule has 0 radical (unpaired) electrons. The summed E-state index contributed by atoms with van der Waals surface area (Å²) in [4.78, 5) is 5.92. The second-order valence-electron chi connectivity index (χ2n) is 9.04. The fraction of sp³-hybridized carbons (Fsp3) is 0.375. The summed E-state index contributed by atoms with van der Waals surface area (Å²) in [6.07, 6.45) is -2.80. The first kappa shape index (κ1) is 26.1. The zero-order valence-electron chi connectivity index (χ0n) is 19.5. The van der Waals surface area contributed by atoms with Crippen LogP contribution in [0.3, 0.4) is 0 Å². The normalized spacial score (nSPS) is 17.6. The Bertz CT molecular complexity index is 1390. The summed E-state index contributed by atoms with van der Waals surface area (Å²) in [5.41, 5.74) is 7.17. The maximum Gasteiger partial charge on any atom is 0.408 e. The molecule has 1 saturated heterocycles. The van der Waals surface area contributed by atoms with Crippen molar-refractivity contribution < 1.29 is 22.3 Å². The van der Waals surface area contributed by atoms with Gasteiger partial charge < -0.3 is 10.5 Å². The Balaban J connectivity index is 0.00000304. The molecular formula is C24H25ClF4N6O. The Hall–Kier alpha value is -3.02. The molecule has 7 nitrogen and oxygen atoms in total. The van der Waals surface area contributed by atoms with Crippen molar-refractivity contribution in [2.24, 2.45) is 5.73 Å². The van der Waals surface area contributed by atoms with Gasteiger partial charge in [0.2, 0.25) is 0 Å². The van der Waals surface area contributed by atoms with Crippen molar-refractivity contribution in [1.29, 1.82) is 0 Å². The van der Waals surface area contributed by atoms with Crippen LogP contribution < -0.4 is 10.5 Å². The predicted molar refractivity (Wildman–Crippen MR) is 130 cm³/mol. The minimum atomic E-state index is -4.48. The van der Waals surface area contributed by atoms with Crippen LogP contribution in [0.4, 0.5) is 17.6 Å². The summed E-state index contributed by atoms with van der Waals surface area (Å²) in [5.74, 6) is -0.154. The number of ether oxygens (including phenoxy) is 1. The van der Waals surface area contributed by atoms with Gasteiger partial charge in [-0.05, 0) is 44.0 Å². The summed E-state index contributed by atoms with van der Waals surface area (Å²) >= 11 is 0. The molecule has 36 heavy (non-hydrogen) atoms. The molecule has 1 fully saturated rings. The third-order valence-electron chi connectivity index (χ3n) is 6.01. The number of fused-ring (bicyclic) bond motifs is 2. The molecule has 1 aliphatic heterocycles. The molecule has 12 heteroatoms. The predicted octanol–water partition coefficient (Wildman–Crippen LogP) is 4.93. The topological polar surface area (TPSA) is 81.6 Å². The number of hydrogen-bond donors (Lipinski definition) is 1. The second kappa shape index (κ2) is 9.79. The van der Waals surface area contributed by atoms with Crippen LogP contribution in [0, 0.1) is 5.82 Å². The van der Waals surface area contributed by atoms with Crippen LogP contribution in [0.5, 0.6) is 5.75 Å². The highest BCUT2D eigenvalue weighted by Gasteiger charge is 2.46. The lowest BCUT2D eigenvalue weighted by Crippen LogP contribution is -2.38. The van der Waals surface area contributed by atoms with E-state index in [0.29, 0.717) is 28.7 Å². The van der Waals surface area contributed by atoms with E-state index in [1.807, 2.05) is 0 Å². The lowest BCUT2D eigenvalue weighted by atomic mass is 10.1. The first-order valence-electron chi connectivity index (χ1n) is 11.3. The number of pyridine rings is 2. The summed E-state index contributed by atoms with van der Waals surface area (Å²) in [6.45, 7) is 4.01. The molecule has 1 aliphatic rings. The molecule has 192 valence electrons. The van der Waals surface area contributed by atoms with Crippen molar-refractivity contribution in [3.05, 3.63) is 54.0 Å². The number of aromatic nitrogens is 4. The molecule has 0 unspecified atom stereocenters. The third kappa shape index (κ3) is 4.95. The van der Waals surface area contributed by atoms with Gasteiger partial charge in [-0.15, -0.1) is 22.6 Å². The molecule has 0 bridgehead atoms. The summed E-state index contributed by atoms with van der Waals surface area (Å²) in [6, 6.07) is 6.98. The molecule has 4 heterocycles. The van der Waals surface area contributed by atoms with Gasteiger partial charge in [-0.2, -0.15) is 13.2 Å². The molecule has 0 aliphatic carbocycles. The van der Waals surface area contributed by atoms with Crippen LogP contribution in [0.25, 0.3) is 28.1 Å². The monoisotopic (exact) mass is 524 g/mol. The van der Waals surface area contributed by atoms with Crippen molar-refractivity contribution in [3.63, 3.8) is 0 Å². The average molecular weight is 525 g/mol. The molecule has 0 saturated carbocycles. The Labute approximate surface area is 210 Å². The van der Waals surface area contributed by atoms with Gasteiger partial charge >= 0.3 is 6.18 Å². The van der Waals surface area contributed by atoms with E-state index in [2.05, 4.69) is 15.2 Å². The van der Waals surface area contributed by atoms with Crippen LogP contribution in [0.2, 0.25) is 0 Å². The minimum Gasteiger partial charge on any atom is -0.488 e. The van der Waals surface area contributed by atoms with E-state index in [1.165, 1.54) is 39.8 Å². The number of alkyl halides is 3. The summed E-state index contributed by atoms with van der Waals surface area (Å²) in [5, 5.41) is 8.81. The number of hydrogen-bond acceptors (Lipinski definition) is 6. The lowest BCUT2D eigenvalue weighted by Gasteiger charge is -2.30. The zero-order valence-corrected chi connectivity index (χ0v) is 20.4. The molecule has 3 aromatic heterocycles. The molecule has 1 aromatic carbocycles. The number of rotatable bonds is 5. The highest BCUT2D eigenvalue weighted by molar-refractivity contribution is 5.85. The average Bonchev–Trinajstić information content (AvgIpc) is 3.39. The standard InChI is InChI=1S/C24H24F4N6O.ClH/c1-13(2)35-20-10-19-14(9-17(20)25)3-5-18(30-19)23-32-31-21-6-4-15(11-34(21)23)22(24(26,27)28)33-8-7-16(29)12-33;/h3-6,9-11,13,16,22H,7-8,12,29H2,1-2H3;1H/t16-,22+;/m0./s1. The fourth-order valence-corrected chi connectivity index (χ4v) is 4.49. The van der Waals surface area contributed by atoms with E-state index in [4.69, 9.17) is 10.5 Å². The molecule has 2 atom stereocenters. The fourth-order valence-electron chi connectivity index (χ4n) is 4.49. The molecular weight excluding hydrogens is 500 g/mol. The van der Waals surface area contributed by atoms with E-state index in [9.17, 15) is 17.6 Å². The molecule has 0 spiro atoms. The number of nitrogens with two attached hydrogens (primary N) is 1. The SMILES string of the molecule is CC(C)Oc1cc2nc(-c3nnc4ccc([C@@H](N5CC[C@H](N)C5)C(F)(F)F)cn34)ccc2cc1F.Cl. The first-order valence-corrected chi connectivity index (χ1v) is 11.3. The van der Waals surface area contributed by atoms with Crippen molar-refractivity contribution in [1.82, 2.24) is 24.5 Å². The van der Waals surface area contributed by atoms with Crippen LogP contribution in [0.15, 0.2) is 42.6 Å². The highest BCUT2D eigenvalue weighted by Crippen LogP contribution is 2.39. The van der Waals surface area contributed by atoms with Crippen molar-refractivity contribution in [3.8, 4) is 17.3 Å². The maximum absolute atomic E-state index is 14.3. The smallest absolute Gasteiger partial charge is 0.408 e. The van der Waals surface area contributed by atoms with Gasteiger partial charge in [0, 0.05) is 36.8 Å². The number of benzene rings is 1. The third-order valence-corrected chi connectivity index (χ3v) is 6.01. The van der Waals surface area contributed by atoms with Crippen molar-refractivity contribution in [2.45, 2.75) is 44.6 Å². The van der Waals surface area contributed by atoms with E-state index in [-0.39, 0.29) is 54.8 Å². The molecule has 2 N–H and O–H groups in total. The van der Waals surface area contributed by atoms with Gasteiger partial charge in [0.15, 0.2) is 23.0 Å². The Kier molecular flexibility index (Phi) is 7.09. The van der Waals surface area contributed by atoms with E-state index in [1.54, 1.807) is 26.0 Å². The van der Waals surface area contributed by atoms with Gasteiger partial charge in [0.25, 0.3) is 0 Å². The van der Waals surface area contributed by atoms with Crippen molar-refractivity contribution in [2.75, 3.05) is 13.1 Å². The zero-order chi connectivity index (χ0) is 24.9. The lowest BCUT2D eigenvalue weighted by molar-refractivity contribution is -0.183. The van der Waals surface area contributed by atoms with E-state index >= 15 is 0 Å². The van der Waals surface area contributed by atoms with E-state index in [0.717, 1.165) is 0 Å². The van der Waals surface area contributed by atoms with Crippen LogP contribution in [0.1, 0.15) is 31.9 Å². The maximum atomic E-state index is 14.3. The Morgan fingerprint density at radius 1 is 1.11 bits per heavy atom. The minimum absolute atomic E-state index is 0. The number of halogens is 5. The van der Waals surface area contributed by atoms with Gasteiger partial charge in [0.05, 0.1) is 11.6 Å². The molecule has 4 aromatic rings. The Morgan fingerprint density at radius 3 is 2.56 bits per heavy atom. The molecule has 0 amide bonds. The van der Waals surface area contributed by atoms with Gasteiger partial charge in [-0.1, -0.05) is 12.1 Å². The quantitative estimate of drug-likeness (QED) is 0.373. The largest absolute Gasteiger partial charge is 0.488 e. The van der Waals surface area contributed by atoms with Crippen LogP contribution >= 0.6 is 12.4 Å². The van der Waals surface area contributed by atoms with Crippen LogP contribution in [-0.2, 0) is 0 Å². The second-order valence-corrected chi connectivity index (χ2v) is 9.04. The van der Waals surface area contributed by atoms with Gasteiger partial charge in [-0.25, -0.2) is 9.37 Å².